The van der Waals surface area contributed by atoms with Crippen molar-refractivity contribution in [3.63, 3.8) is 0 Å². The maximum Gasteiger partial charge on any atom is 0.156 e. The maximum absolute atomic E-state index is 6.54. The maximum atomic E-state index is 6.54. The lowest BCUT2D eigenvalue weighted by atomic mass is 9.72. The molecule has 1 saturated carbocycles. The molecule has 0 saturated heterocycles. The topological polar surface area (TPSA) is 82.7 Å². The number of fused-ring (bicyclic) bond motifs is 1. The number of H-pyrrole nitrogens is 1. The van der Waals surface area contributed by atoms with Crippen molar-refractivity contribution in [3.8, 4) is 0 Å². The van der Waals surface area contributed by atoms with Crippen LogP contribution in [0.5, 0.6) is 0 Å². The molecule has 6 nitrogen and oxygen atoms in total. The Morgan fingerprint density at radius 1 is 1.03 bits per heavy atom. The zero-order valence-electron chi connectivity index (χ0n) is 17.4. The van der Waals surface area contributed by atoms with Crippen LogP contribution in [-0.4, -0.2) is 26.0 Å². The second kappa shape index (κ2) is 7.43. The Morgan fingerprint density at radius 2 is 1.81 bits per heavy atom. The van der Waals surface area contributed by atoms with Gasteiger partial charge in [0.05, 0.1) is 5.57 Å². The lowest BCUT2D eigenvalue weighted by molar-refractivity contribution is 0.253. The van der Waals surface area contributed by atoms with Gasteiger partial charge in [-0.3, -0.25) is 4.99 Å². The minimum atomic E-state index is -0.177. The number of allylic oxidation sites excluding steroid dienone is 1. The predicted molar refractivity (Wildman–Crippen MR) is 127 cm³/mol. The standard InChI is InChI=1S/C25H23ClN6/c26-20-15-19(23-28-13-14-29-23)24-30-21(22(32(24)31-20)17-5-2-1-3-6-17)16-7-9-18(10-8-16)25(27)11-4-12-25/h1-3,5-10,13-15,21-22H,4,11-12,27H2,(H,28,29). The number of imidazole rings is 1. The number of hydrazone groups is 1. The molecule has 3 aliphatic rings. The summed E-state index contributed by atoms with van der Waals surface area (Å²) in [5, 5.41) is 7.00. The summed E-state index contributed by atoms with van der Waals surface area (Å²) in [5.74, 6) is 1.49. The Hall–Kier alpha value is -3.22. The minimum Gasteiger partial charge on any atom is -0.345 e. The molecule has 1 aliphatic carbocycles. The number of aromatic amines is 1. The molecular formula is C25H23ClN6. The molecule has 0 amide bonds. The van der Waals surface area contributed by atoms with E-state index in [-0.39, 0.29) is 17.6 Å². The average molecular weight is 443 g/mol. The highest BCUT2D eigenvalue weighted by molar-refractivity contribution is 6.70. The van der Waals surface area contributed by atoms with Crippen molar-refractivity contribution in [1.82, 2.24) is 15.0 Å². The van der Waals surface area contributed by atoms with Gasteiger partial charge in [-0.1, -0.05) is 66.2 Å². The number of hydrogen-bond acceptors (Lipinski definition) is 5. The number of nitrogens with one attached hydrogen (secondary N) is 1. The van der Waals surface area contributed by atoms with Crippen LogP contribution >= 0.6 is 11.6 Å². The third-order valence-electron chi connectivity index (χ3n) is 6.72. The molecule has 3 aromatic rings. The first-order valence-electron chi connectivity index (χ1n) is 10.9. The largest absolute Gasteiger partial charge is 0.345 e. The van der Waals surface area contributed by atoms with Gasteiger partial charge < -0.3 is 10.7 Å². The number of aromatic nitrogens is 2. The van der Waals surface area contributed by atoms with Crippen molar-refractivity contribution in [3.05, 3.63) is 95.6 Å². The highest BCUT2D eigenvalue weighted by atomic mass is 35.5. The van der Waals surface area contributed by atoms with Crippen molar-refractivity contribution in [2.75, 3.05) is 0 Å². The Kier molecular flexibility index (Phi) is 4.52. The monoisotopic (exact) mass is 442 g/mol. The van der Waals surface area contributed by atoms with Gasteiger partial charge in [-0.15, -0.1) is 0 Å². The number of rotatable bonds is 4. The molecule has 3 heterocycles. The first-order valence-corrected chi connectivity index (χ1v) is 11.3. The molecule has 2 unspecified atom stereocenters. The number of nitrogens with two attached hydrogens (primary N) is 1. The van der Waals surface area contributed by atoms with E-state index < -0.39 is 0 Å². The van der Waals surface area contributed by atoms with Crippen LogP contribution in [0.4, 0.5) is 0 Å². The summed E-state index contributed by atoms with van der Waals surface area (Å²) in [6, 6.07) is 18.7. The molecule has 1 fully saturated rings. The summed E-state index contributed by atoms with van der Waals surface area (Å²) in [7, 11) is 0. The van der Waals surface area contributed by atoms with Gasteiger partial charge in [-0.2, -0.15) is 5.10 Å². The van der Waals surface area contributed by atoms with Gasteiger partial charge in [0.2, 0.25) is 0 Å². The molecule has 2 aliphatic heterocycles. The summed E-state index contributed by atoms with van der Waals surface area (Å²) >= 11 is 6.46. The van der Waals surface area contributed by atoms with E-state index >= 15 is 0 Å². The normalized spacial score (nSPS) is 23.7. The van der Waals surface area contributed by atoms with Crippen LogP contribution < -0.4 is 5.73 Å². The fourth-order valence-corrected chi connectivity index (χ4v) is 5.01. The Morgan fingerprint density at radius 3 is 2.47 bits per heavy atom. The van der Waals surface area contributed by atoms with Crippen molar-refractivity contribution >= 4 is 28.2 Å². The Labute approximate surface area is 191 Å². The van der Waals surface area contributed by atoms with Gasteiger partial charge in [-0.05, 0) is 42.0 Å². The SMILES string of the molecule is NC1(c2ccc(C3N=C4C(c5ncc[nH]5)=CC(Cl)=NN4C3c3ccccc3)cc2)CCC1. The number of amidine groups is 1. The summed E-state index contributed by atoms with van der Waals surface area (Å²) < 4.78 is 0. The van der Waals surface area contributed by atoms with Gasteiger partial charge in [0.1, 0.15) is 17.9 Å². The van der Waals surface area contributed by atoms with Crippen molar-refractivity contribution in [1.29, 1.82) is 0 Å². The third-order valence-corrected chi connectivity index (χ3v) is 6.90. The van der Waals surface area contributed by atoms with Crippen LogP contribution in [0.3, 0.4) is 0 Å². The predicted octanol–water partition coefficient (Wildman–Crippen LogP) is 4.89. The molecule has 0 spiro atoms. The lowest BCUT2D eigenvalue weighted by Crippen LogP contribution is -2.43. The highest BCUT2D eigenvalue weighted by Gasteiger charge is 2.42. The fourth-order valence-electron chi connectivity index (χ4n) is 4.82. The van der Waals surface area contributed by atoms with Gasteiger partial charge in [0, 0.05) is 17.9 Å². The van der Waals surface area contributed by atoms with E-state index in [4.69, 9.17) is 22.3 Å². The summed E-state index contributed by atoms with van der Waals surface area (Å²) in [6.07, 6.45) is 8.62. The van der Waals surface area contributed by atoms with Crippen molar-refractivity contribution in [2.24, 2.45) is 15.8 Å². The van der Waals surface area contributed by atoms with E-state index in [0.29, 0.717) is 5.17 Å². The average Bonchev–Trinajstić information content (AvgIpc) is 3.46. The van der Waals surface area contributed by atoms with Crippen molar-refractivity contribution < 1.29 is 0 Å². The van der Waals surface area contributed by atoms with E-state index in [9.17, 15) is 0 Å². The number of benzene rings is 2. The first kappa shape index (κ1) is 19.5. The van der Waals surface area contributed by atoms with Crippen LogP contribution in [0, 0.1) is 0 Å². The lowest BCUT2D eigenvalue weighted by Gasteiger charge is -2.38. The molecule has 6 rings (SSSR count). The van der Waals surface area contributed by atoms with Gasteiger partial charge in [0.25, 0.3) is 0 Å². The van der Waals surface area contributed by atoms with E-state index in [0.717, 1.165) is 41.2 Å². The van der Waals surface area contributed by atoms with E-state index in [1.165, 1.54) is 12.0 Å². The number of hydrogen-bond donors (Lipinski definition) is 2. The molecule has 160 valence electrons. The zero-order valence-corrected chi connectivity index (χ0v) is 18.2. The van der Waals surface area contributed by atoms with Crippen molar-refractivity contribution in [2.45, 2.75) is 36.9 Å². The second-order valence-electron chi connectivity index (χ2n) is 8.65. The Balaban J connectivity index is 1.44. The third kappa shape index (κ3) is 3.10. The number of nitrogens with zero attached hydrogens (tertiary/aromatic N) is 4. The fraction of sp³-hybridized carbons (Fsp3) is 0.240. The molecular weight excluding hydrogens is 420 g/mol. The summed E-state index contributed by atoms with van der Waals surface area (Å²) in [6.45, 7) is 0. The summed E-state index contributed by atoms with van der Waals surface area (Å²) in [5.41, 5.74) is 10.7. The smallest absolute Gasteiger partial charge is 0.156 e. The first-order chi connectivity index (χ1) is 15.6. The zero-order chi connectivity index (χ0) is 21.7. The molecule has 7 heteroatoms. The molecule has 0 radical (unpaired) electrons. The molecule has 1 aromatic heterocycles. The molecule has 0 bridgehead atoms. The van der Waals surface area contributed by atoms with E-state index in [2.05, 4.69) is 51.5 Å². The van der Waals surface area contributed by atoms with Crippen LogP contribution in [0.1, 0.15) is 53.9 Å². The van der Waals surface area contributed by atoms with Crippen LogP contribution in [-0.2, 0) is 5.54 Å². The van der Waals surface area contributed by atoms with E-state index in [1.54, 1.807) is 12.4 Å². The van der Waals surface area contributed by atoms with Crippen LogP contribution in [0.15, 0.2) is 83.2 Å². The van der Waals surface area contributed by atoms with Crippen LogP contribution in [0.2, 0.25) is 0 Å². The molecule has 2 aromatic carbocycles. The van der Waals surface area contributed by atoms with Crippen LogP contribution in [0.25, 0.3) is 5.57 Å². The second-order valence-corrected chi connectivity index (χ2v) is 9.04. The van der Waals surface area contributed by atoms with Gasteiger partial charge >= 0.3 is 0 Å². The van der Waals surface area contributed by atoms with Gasteiger partial charge in [0.15, 0.2) is 11.0 Å². The molecule has 3 N–H and O–H groups in total. The Bertz CT molecular complexity index is 1220. The summed E-state index contributed by atoms with van der Waals surface area (Å²) in [4.78, 5) is 12.8. The number of aliphatic imine (C=N–C) groups is 1. The molecule has 2 atom stereocenters. The minimum absolute atomic E-state index is 0.111. The number of halogens is 1. The highest BCUT2D eigenvalue weighted by Crippen LogP contribution is 2.46. The van der Waals surface area contributed by atoms with E-state index in [1.807, 2.05) is 29.3 Å². The quantitative estimate of drug-likeness (QED) is 0.603. The molecule has 32 heavy (non-hydrogen) atoms. The van der Waals surface area contributed by atoms with Gasteiger partial charge in [-0.25, -0.2) is 9.99 Å².